The summed E-state index contributed by atoms with van der Waals surface area (Å²) in [6, 6.07) is 15.7. The molecule has 1 unspecified atom stereocenters. The summed E-state index contributed by atoms with van der Waals surface area (Å²) in [6.45, 7) is 10.2. The Morgan fingerprint density at radius 3 is 2.58 bits per heavy atom. The Morgan fingerprint density at radius 2 is 1.85 bits per heavy atom. The number of amides is 2. The number of hydroxylamine groups is 1. The Morgan fingerprint density at radius 1 is 1.09 bits per heavy atom. The van der Waals surface area contributed by atoms with Crippen LogP contribution in [0.15, 0.2) is 54.7 Å². The molecule has 0 fully saturated rings. The summed E-state index contributed by atoms with van der Waals surface area (Å²) >= 11 is 0. The van der Waals surface area contributed by atoms with Crippen molar-refractivity contribution in [2.45, 2.75) is 65.8 Å². The zero-order valence-corrected chi connectivity index (χ0v) is 20.0. The highest BCUT2D eigenvalue weighted by Crippen LogP contribution is 2.31. The summed E-state index contributed by atoms with van der Waals surface area (Å²) in [5.41, 5.74) is 6.16. The molecule has 7 heteroatoms. The summed E-state index contributed by atoms with van der Waals surface area (Å²) in [7, 11) is 0. The van der Waals surface area contributed by atoms with Crippen LogP contribution in [0.25, 0.3) is 22.0 Å². The Bertz CT molecular complexity index is 1110. The molecule has 0 spiro atoms. The maximum absolute atomic E-state index is 12.2. The van der Waals surface area contributed by atoms with Gasteiger partial charge in [-0.3, -0.25) is 9.63 Å². The molecule has 2 aromatic carbocycles. The first-order chi connectivity index (χ1) is 15.7. The first-order valence-electron chi connectivity index (χ1n) is 11.3. The number of fused-ring (bicyclic) bond motifs is 1. The largest absolute Gasteiger partial charge is 0.444 e. The summed E-state index contributed by atoms with van der Waals surface area (Å²) in [4.78, 5) is 29.5. The van der Waals surface area contributed by atoms with Gasteiger partial charge < -0.3 is 14.6 Å². The van der Waals surface area contributed by atoms with Crippen LogP contribution in [0.2, 0.25) is 0 Å². The Labute approximate surface area is 195 Å². The van der Waals surface area contributed by atoms with Gasteiger partial charge >= 0.3 is 6.09 Å². The van der Waals surface area contributed by atoms with Gasteiger partial charge in [0.25, 0.3) is 5.91 Å². The van der Waals surface area contributed by atoms with Gasteiger partial charge in [-0.25, -0.2) is 10.3 Å². The Kier molecular flexibility index (Phi) is 7.76. The zero-order chi connectivity index (χ0) is 24.0. The van der Waals surface area contributed by atoms with Crippen molar-refractivity contribution in [2.75, 3.05) is 0 Å². The third-order valence-electron chi connectivity index (χ3n) is 5.03. The van der Waals surface area contributed by atoms with Gasteiger partial charge in [0, 0.05) is 29.2 Å². The number of para-hydroxylation sites is 1. The van der Waals surface area contributed by atoms with Crippen molar-refractivity contribution >= 4 is 22.9 Å². The standard InChI is InChI=1S/C26H33N3O4/c1-6-14-29-16-22(21-12-7-8-13-23(21)29)20-11-9-10-19(15-20)17-32-28-24(30)18(2)27-25(31)33-26(3,4)5/h7-13,15-16,18H,6,14,17H2,1-5H3,(H,27,31)(H,28,30). The molecule has 1 heterocycles. The second kappa shape index (κ2) is 10.5. The highest BCUT2D eigenvalue weighted by molar-refractivity contribution is 5.96. The molecular weight excluding hydrogens is 418 g/mol. The molecule has 0 aliphatic carbocycles. The second-order valence-electron chi connectivity index (χ2n) is 9.08. The molecule has 0 aliphatic heterocycles. The molecule has 1 aromatic heterocycles. The molecule has 33 heavy (non-hydrogen) atoms. The van der Waals surface area contributed by atoms with E-state index in [0.717, 1.165) is 24.1 Å². The number of carbonyl (C=O) groups excluding carboxylic acids is 2. The number of nitrogens with one attached hydrogen (secondary N) is 2. The quantitative estimate of drug-likeness (QED) is 0.463. The third kappa shape index (κ3) is 6.58. The fourth-order valence-corrected chi connectivity index (χ4v) is 3.56. The first kappa shape index (κ1) is 24.3. The van der Waals surface area contributed by atoms with E-state index in [4.69, 9.17) is 9.57 Å². The van der Waals surface area contributed by atoms with Gasteiger partial charge in [-0.1, -0.05) is 43.3 Å². The molecule has 0 saturated heterocycles. The molecule has 0 radical (unpaired) electrons. The van der Waals surface area contributed by atoms with Crippen molar-refractivity contribution in [3.8, 4) is 11.1 Å². The van der Waals surface area contributed by atoms with Crippen LogP contribution in [0.1, 0.15) is 46.6 Å². The number of carbonyl (C=O) groups is 2. The molecule has 0 bridgehead atoms. The van der Waals surface area contributed by atoms with E-state index in [0.29, 0.717) is 0 Å². The van der Waals surface area contributed by atoms with Crippen molar-refractivity contribution in [1.29, 1.82) is 0 Å². The van der Waals surface area contributed by atoms with Gasteiger partial charge in [0.15, 0.2) is 0 Å². The summed E-state index contributed by atoms with van der Waals surface area (Å²) in [5.74, 6) is -0.459. The second-order valence-corrected chi connectivity index (χ2v) is 9.08. The van der Waals surface area contributed by atoms with Crippen LogP contribution in [0.4, 0.5) is 4.79 Å². The molecule has 1 atom stereocenters. The number of aryl methyl sites for hydroxylation is 1. The lowest BCUT2D eigenvalue weighted by Gasteiger charge is -2.21. The molecule has 3 rings (SSSR count). The monoisotopic (exact) mass is 451 g/mol. The average molecular weight is 452 g/mol. The van der Waals surface area contributed by atoms with Crippen LogP contribution in [0.5, 0.6) is 0 Å². The molecule has 0 saturated carbocycles. The minimum absolute atomic E-state index is 0.201. The van der Waals surface area contributed by atoms with Crippen LogP contribution in [-0.2, 0) is 27.5 Å². The van der Waals surface area contributed by atoms with Crippen molar-refractivity contribution < 1.29 is 19.2 Å². The van der Waals surface area contributed by atoms with Crippen molar-refractivity contribution in [2.24, 2.45) is 0 Å². The minimum atomic E-state index is -0.795. The predicted molar refractivity (Wildman–Crippen MR) is 129 cm³/mol. The van der Waals surface area contributed by atoms with Crippen molar-refractivity contribution in [1.82, 2.24) is 15.4 Å². The summed E-state index contributed by atoms with van der Waals surface area (Å²) in [6.07, 6.45) is 2.60. The number of nitrogens with zero attached hydrogens (tertiary/aromatic N) is 1. The van der Waals surface area contributed by atoms with E-state index in [1.807, 2.05) is 12.1 Å². The van der Waals surface area contributed by atoms with Crippen LogP contribution < -0.4 is 10.8 Å². The number of alkyl carbamates (subject to hydrolysis) is 1. The van der Waals surface area contributed by atoms with Crippen molar-refractivity contribution in [3.63, 3.8) is 0 Å². The number of benzene rings is 2. The maximum Gasteiger partial charge on any atom is 0.408 e. The number of ether oxygens (including phenoxy) is 1. The number of aromatic nitrogens is 1. The highest BCUT2D eigenvalue weighted by Gasteiger charge is 2.21. The average Bonchev–Trinajstić information content (AvgIpc) is 3.11. The van der Waals surface area contributed by atoms with E-state index < -0.39 is 23.6 Å². The normalized spacial score (nSPS) is 12.4. The van der Waals surface area contributed by atoms with E-state index in [9.17, 15) is 9.59 Å². The van der Waals surface area contributed by atoms with Crippen LogP contribution in [0.3, 0.4) is 0 Å². The Hall–Kier alpha value is -3.32. The van der Waals surface area contributed by atoms with Gasteiger partial charge in [0.2, 0.25) is 0 Å². The zero-order valence-electron chi connectivity index (χ0n) is 20.0. The van der Waals surface area contributed by atoms with Crippen LogP contribution in [0, 0.1) is 0 Å². The lowest BCUT2D eigenvalue weighted by molar-refractivity contribution is -0.136. The summed E-state index contributed by atoms with van der Waals surface area (Å²) < 4.78 is 7.45. The fourth-order valence-electron chi connectivity index (χ4n) is 3.56. The van der Waals surface area contributed by atoms with Crippen molar-refractivity contribution in [3.05, 3.63) is 60.3 Å². The molecular formula is C26H33N3O4. The van der Waals surface area contributed by atoms with E-state index in [-0.39, 0.29) is 6.61 Å². The summed E-state index contributed by atoms with van der Waals surface area (Å²) in [5, 5.41) is 3.70. The van der Waals surface area contributed by atoms with E-state index in [2.05, 4.69) is 64.9 Å². The molecule has 2 amide bonds. The molecule has 2 N–H and O–H groups in total. The van der Waals surface area contributed by atoms with Gasteiger partial charge in [-0.05, 0) is 57.4 Å². The van der Waals surface area contributed by atoms with Gasteiger partial charge in [-0.2, -0.15) is 0 Å². The maximum atomic E-state index is 12.2. The lowest BCUT2D eigenvalue weighted by Crippen LogP contribution is -2.46. The van der Waals surface area contributed by atoms with Crippen LogP contribution in [-0.4, -0.2) is 28.2 Å². The molecule has 7 nitrogen and oxygen atoms in total. The van der Waals surface area contributed by atoms with E-state index in [1.54, 1.807) is 27.7 Å². The SMILES string of the molecule is CCCn1cc(-c2cccc(CONC(=O)C(C)NC(=O)OC(C)(C)C)c2)c2ccccc21. The smallest absolute Gasteiger partial charge is 0.408 e. The molecule has 176 valence electrons. The third-order valence-corrected chi connectivity index (χ3v) is 5.03. The Balaban J connectivity index is 1.62. The highest BCUT2D eigenvalue weighted by atomic mass is 16.7. The topological polar surface area (TPSA) is 81.6 Å². The minimum Gasteiger partial charge on any atom is -0.444 e. The molecule has 3 aromatic rings. The molecule has 0 aliphatic rings. The fraction of sp³-hybridized carbons (Fsp3) is 0.385. The first-order valence-corrected chi connectivity index (χ1v) is 11.3. The number of rotatable bonds is 8. The predicted octanol–water partition coefficient (Wildman–Crippen LogP) is 5.18. The van der Waals surface area contributed by atoms with Gasteiger partial charge in [0.1, 0.15) is 11.6 Å². The lowest BCUT2D eigenvalue weighted by atomic mass is 10.0. The van der Waals surface area contributed by atoms with E-state index >= 15 is 0 Å². The number of hydrogen-bond donors (Lipinski definition) is 2. The van der Waals surface area contributed by atoms with Gasteiger partial charge in [-0.15, -0.1) is 0 Å². The van der Waals surface area contributed by atoms with E-state index in [1.165, 1.54) is 16.5 Å². The van der Waals surface area contributed by atoms with Crippen LogP contribution >= 0.6 is 0 Å². The number of hydrogen-bond acceptors (Lipinski definition) is 4. The van der Waals surface area contributed by atoms with Gasteiger partial charge in [0.05, 0.1) is 6.61 Å².